The maximum Gasteiger partial charge on any atom is 0.337 e. The van der Waals surface area contributed by atoms with Crippen molar-refractivity contribution in [2.24, 2.45) is 0 Å². The Labute approximate surface area is 158 Å². The summed E-state index contributed by atoms with van der Waals surface area (Å²) >= 11 is 0. The van der Waals surface area contributed by atoms with Crippen LogP contribution in [0, 0.1) is 6.92 Å². The quantitative estimate of drug-likeness (QED) is 0.670. The molecule has 1 aromatic heterocycles. The number of hydrogen-bond acceptors (Lipinski definition) is 6. The van der Waals surface area contributed by atoms with Gasteiger partial charge in [-0.15, -0.1) is 0 Å². The first-order chi connectivity index (χ1) is 13.0. The van der Waals surface area contributed by atoms with Crippen LogP contribution in [-0.4, -0.2) is 30.1 Å². The molecular weight excluding hydrogens is 340 g/mol. The fourth-order valence-electron chi connectivity index (χ4n) is 2.74. The van der Waals surface area contributed by atoms with E-state index in [-0.39, 0.29) is 5.97 Å². The van der Waals surface area contributed by atoms with Crippen LogP contribution < -0.4 is 10.2 Å². The summed E-state index contributed by atoms with van der Waals surface area (Å²) in [6.45, 7) is 2.60. The van der Waals surface area contributed by atoms with E-state index in [9.17, 15) is 4.79 Å². The van der Waals surface area contributed by atoms with E-state index < -0.39 is 0 Å². The van der Waals surface area contributed by atoms with Crippen molar-refractivity contribution in [1.29, 1.82) is 0 Å². The molecule has 0 radical (unpaired) electrons. The lowest BCUT2D eigenvalue weighted by Crippen LogP contribution is -2.18. The topological polar surface area (TPSA) is 67.3 Å². The van der Waals surface area contributed by atoms with Gasteiger partial charge in [-0.3, -0.25) is 0 Å². The average Bonchev–Trinajstić information content (AvgIpc) is 2.68. The van der Waals surface area contributed by atoms with E-state index in [0.29, 0.717) is 17.2 Å². The third kappa shape index (κ3) is 4.82. The number of methoxy groups -OCH3 is 1. The number of ether oxygens (including phenoxy) is 1. The second-order valence-corrected chi connectivity index (χ2v) is 6.20. The lowest BCUT2D eigenvalue weighted by Gasteiger charge is -2.19. The molecule has 0 unspecified atom stereocenters. The van der Waals surface area contributed by atoms with Crippen LogP contribution >= 0.6 is 0 Å². The highest BCUT2D eigenvalue weighted by Crippen LogP contribution is 2.21. The maximum absolute atomic E-state index is 11.7. The number of rotatable bonds is 6. The SMILES string of the molecule is COC(=O)c1cccc(Nc2cc(N(C)Cc3ccccc3)nc(C)n2)c1. The predicted octanol–water partition coefficient (Wildman–Crippen LogP) is 3.95. The van der Waals surface area contributed by atoms with Crippen molar-refractivity contribution in [2.75, 3.05) is 24.4 Å². The third-order valence-electron chi connectivity index (χ3n) is 4.03. The van der Waals surface area contributed by atoms with Crippen molar-refractivity contribution < 1.29 is 9.53 Å². The third-order valence-corrected chi connectivity index (χ3v) is 4.03. The number of aryl methyl sites for hydroxylation is 1. The second-order valence-electron chi connectivity index (χ2n) is 6.20. The lowest BCUT2D eigenvalue weighted by atomic mass is 10.2. The molecule has 138 valence electrons. The van der Waals surface area contributed by atoms with Gasteiger partial charge in [0.25, 0.3) is 0 Å². The first-order valence-electron chi connectivity index (χ1n) is 8.61. The molecule has 1 N–H and O–H groups in total. The highest BCUT2D eigenvalue weighted by atomic mass is 16.5. The first-order valence-corrected chi connectivity index (χ1v) is 8.61. The molecule has 27 heavy (non-hydrogen) atoms. The van der Waals surface area contributed by atoms with Crippen LogP contribution in [0.15, 0.2) is 60.7 Å². The minimum atomic E-state index is -0.374. The van der Waals surface area contributed by atoms with Gasteiger partial charge in [0.2, 0.25) is 0 Å². The number of nitrogens with zero attached hydrogens (tertiary/aromatic N) is 3. The minimum absolute atomic E-state index is 0.374. The molecule has 0 aliphatic rings. The number of carbonyl (C=O) groups excluding carboxylic acids is 1. The fraction of sp³-hybridized carbons (Fsp3) is 0.190. The highest BCUT2D eigenvalue weighted by Gasteiger charge is 2.09. The molecule has 0 amide bonds. The van der Waals surface area contributed by atoms with Crippen molar-refractivity contribution in [3.8, 4) is 0 Å². The summed E-state index contributed by atoms with van der Waals surface area (Å²) < 4.78 is 4.77. The summed E-state index contributed by atoms with van der Waals surface area (Å²) in [6, 6.07) is 19.2. The largest absolute Gasteiger partial charge is 0.465 e. The summed E-state index contributed by atoms with van der Waals surface area (Å²) in [5, 5.41) is 3.24. The Morgan fingerprint density at radius 1 is 1.07 bits per heavy atom. The van der Waals surface area contributed by atoms with Gasteiger partial charge in [0.1, 0.15) is 17.5 Å². The zero-order valence-corrected chi connectivity index (χ0v) is 15.6. The molecule has 0 fully saturated rings. The summed E-state index contributed by atoms with van der Waals surface area (Å²) in [6.07, 6.45) is 0. The molecule has 0 saturated carbocycles. The normalized spacial score (nSPS) is 10.3. The van der Waals surface area contributed by atoms with Gasteiger partial charge in [-0.2, -0.15) is 0 Å². The van der Waals surface area contributed by atoms with E-state index in [1.807, 2.05) is 44.3 Å². The van der Waals surface area contributed by atoms with Crippen LogP contribution in [0.2, 0.25) is 0 Å². The van der Waals surface area contributed by atoms with Crippen LogP contribution in [0.25, 0.3) is 0 Å². The van der Waals surface area contributed by atoms with Gasteiger partial charge in [0.15, 0.2) is 0 Å². The van der Waals surface area contributed by atoms with E-state index in [1.54, 1.807) is 18.2 Å². The molecule has 0 spiro atoms. The molecule has 0 bridgehead atoms. The number of esters is 1. The van der Waals surface area contributed by atoms with Crippen LogP contribution in [0.1, 0.15) is 21.7 Å². The van der Waals surface area contributed by atoms with Crippen molar-refractivity contribution in [3.63, 3.8) is 0 Å². The Kier molecular flexibility index (Phi) is 5.66. The van der Waals surface area contributed by atoms with Crippen molar-refractivity contribution in [3.05, 3.63) is 77.6 Å². The lowest BCUT2D eigenvalue weighted by molar-refractivity contribution is 0.0601. The molecule has 0 aliphatic heterocycles. The van der Waals surface area contributed by atoms with E-state index in [2.05, 4.69) is 32.3 Å². The Hall–Kier alpha value is -3.41. The monoisotopic (exact) mass is 362 g/mol. The van der Waals surface area contributed by atoms with Gasteiger partial charge in [-0.1, -0.05) is 36.4 Å². The summed E-state index contributed by atoms with van der Waals surface area (Å²) in [7, 11) is 3.36. The van der Waals surface area contributed by atoms with E-state index in [0.717, 1.165) is 18.1 Å². The first kappa shape index (κ1) is 18.4. The molecule has 3 aromatic rings. The maximum atomic E-state index is 11.7. The van der Waals surface area contributed by atoms with E-state index in [4.69, 9.17) is 4.74 Å². The molecule has 6 heteroatoms. The zero-order chi connectivity index (χ0) is 19.2. The van der Waals surface area contributed by atoms with Crippen LogP contribution in [-0.2, 0) is 11.3 Å². The number of nitrogens with one attached hydrogen (secondary N) is 1. The molecular formula is C21H22N4O2. The molecule has 1 heterocycles. The van der Waals surface area contributed by atoms with Gasteiger partial charge in [0, 0.05) is 25.3 Å². The summed E-state index contributed by atoms with van der Waals surface area (Å²) in [5.74, 6) is 1.78. The summed E-state index contributed by atoms with van der Waals surface area (Å²) in [5.41, 5.74) is 2.44. The number of aromatic nitrogens is 2. The smallest absolute Gasteiger partial charge is 0.337 e. The van der Waals surface area contributed by atoms with Gasteiger partial charge in [0.05, 0.1) is 12.7 Å². The van der Waals surface area contributed by atoms with E-state index >= 15 is 0 Å². The predicted molar refractivity (Wildman–Crippen MR) is 106 cm³/mol. The van der Waals surface area contributed by atoms with Crippen molar-refractivity contribution in [1.82, 2.24) is 9.97 Å². The van der Waals surface area contributed by atoms with Crippen LogP contribution in [0.5, 0.6) is 0 Å². The van der Waals surface area contributed by atoms with Crippen LogP contribution in [0.4, 0.5) is 17.3 Å². The Balaban J connectivity index is 1.80. The number of hydrogen-bond donors (Lipinski definition) is 1. The van der Waals surface area contributed by atoms with Gasteiger partial charge >= 0.3 is 5.97 Å². The second kappa shape index (κ2) is 8.31. The molecule has 6 nitrogen and oxygen atoms in total. The Bertz CT molecular complexity index is 928. The molecule has 0 aliphatic carbocycles. The average molecular weight is 362 g/mol. The number of anilines is 3. The van der Waals surface area contributed by atoms with Gasteiger partial charge in [-0.25, -0.2) is 14.8 Å². The molecule has 2 aromatic carbocycles. The Morgan fingerprint density at radius 3 is 2.59 bits per heavy atom. The standard InChI is InChI=1S/C21H22N4O2/c1-15-22-19(24-18-11-7-10-17(12-18)21(26)27-3)13-20(23-15)25(2)14-16-8-5-4-6-9-16/h4-13H,14H2,1-3H3,(H,22,23,24). The summed E-state index contributed by atoms with van der Waals surface area (Å²) in [4.78, 5) is 22.8. The van der Waals surface area contributed by atoms with Gasteiger partial charge < -0.3 is 15.0 Å². The molecule has 3 rings (SSSR count). The number of benzene rings is 2. The zero-order valence-electron chi connectivity index (χ0n) is 15.6. The van der Waals surface area contributed by atoms with Gasteiger partial charge in [-0.05, 0) is 30.7 Å². The highest BCUT2D eigenvalue weighted by molar-refractivity contribution is 5.90. The Morgan fingerprint density at radius 2 is 1.85 bits per heavy atom. The number of carbonyl (C=O) groups is 1. The van der Waals surface area contributed by atoms with Crippen molar-refractivity contribution >= 4 is 23.3 Å². The molecule has 0 saturated heterocycles. The molecule has 0 atom stereocenters. The minimum Gasteiger partial charge on any atom is -0.465 e. The van der Waals surface area contributed by atoms with Crippen molar-refractivity contribution in [2.45, 2.75) is 13.5 Å². The van der Waals surface area contributed by atoms with Crippen LogP contribution in [0.3, 0.4) is 0 Å². The fourth-order valence-corrected chi connectivity index (χ4v) is 2.74. The van der Waals surface area contributed by atoms with E-state index in [1.165, 1.54) is 12.7 Å².